The average molecular weight is 475 g/mol. The number of hydrogen-bond donors (Lipinski definition) is 2. The molecule has 2 rings (SSSR count). The van der Waals surface area contributed by atoms with Crippen molar-refractivity contribution in [1.82, 2.24) is 10.6 Å². The lowest BCUT2D eigenvalue weighted by atomic mass is 9.98. The zero-order chi connectivity index (χ0) is 17.7. The monoisotopic (exact) mass is 475 g/mol. The number of hydrogen-bond acceptors (Lipinski definition) is 3. The van der Waals surface area contributed by atoms with Gasteiger partial charge in [0.05, 0.1) is 12.7 Å². The van der Waals surface area contributed by atoms with Crippen molar-refractivity contribution >= 4 is 29.9 Å². The van der Waals surface area contributed by atoms with E-state index in [4.69, 9.17) is 9.47 Å². The fraction of sp³-hybridized carbons (Fsp3) is 0.650. The Morgan fingerprint density at radius 1 is 1.31 bits per heavy atom. The summed E-state index contributed by atoms with van der Waals surface area (Å²) in [4.78, 5) is 4.63. The minimum atomic E-state index is 0. The Kier molecular flexibility index (Phi) is 12.7. The number of nitrogens with one attached hydrogen (secondary N) is 2. The van der Waals surface area contributed by atoms with Crippen LogP contribution in [0.4, 0.5) is 0 Å². The molecule has 1 aromatic rings. The van der Waals surface area contributed by atoms with Crippen LogP contribution in [-0.2, 0) is 9.47 Å². The van der Waals surface area contributed by atoms with E-state index in [9.17, 15) is 0 Å². The molecule has 26 heavy (non-hydrogen) atoms. The van der Waals surface area contributed by atoms with Gasteiger partial charge in [0, 0.05) is 32.8 Å². The fourth-order valence-corrected chi connectivity index (χ4v) is 2.85. The molecule has 1 heterocycles. The van der Waals surface area contributed by atoms with Crippen molar-refractivity contribution < 1.29 is 9.47 Å². The number of guanidine groups is 1. The second kappa shape index (κ2) is 14.2. The molecule has 0 radical (unpaired) electrons. The SMILES string of the molecule is CCNC(=NCCCOC1CCOC1)NCCC(C)c1ccccc1.I. The maximum atomic E-state index is 5.77. The van der Waals surface area contributed by atoms with Crippen LogP contribution in [0.15, 0.2) is 35.3 Å². The summed E-state index contributed by atoms with van der Waals surface area (Å²) in [5.74, 6) is 1.44. The van der Waals surface area contributed by atoms with E-state index in [0.717, 1.165) is 64.7 Å². The van der Waals surface area contributed by atoms with Crippen molar-refractivity contribution in [2.24, 2.45) is 4.99 Å². The molecule has 148 valence electrons. The molecule has 2 unspecified atom stereocenters. The summed E-state index contributed by atoms with van der Waals surface area (Å²) in [7, 11) is 0. The van der Waals surface area contributed by atoms with Gasteiger partial charge in [-0.3, -0.25) is 4.99 Å². The molecule has 0 amide bonds. The highest BCUT2D eigenvalue weighted by molar-refractivity contribution is 14.0. The summed E-state index contributed by atoms with van der Waals surface area (Å²) in [6.07, 6.45) is 3.33. The summed E-state index contributed by atoms with van der Waals surface area (Å²) < 4.78 is 11.1. The van der Waals surface area contributed by atoms with E-state index >= 15 is 0 Å². The molecule has 1 aliphatic rings. The largest absolute Gasteiger partial charge is 0.379 e. The molecule has 2 atom stereocenters. The molecular weight excluding hydrogens is 441 g/mol. The molecule has 0 aliphatic carbocycles. The van der Waals surface area contributed by atoms with Gasteiger partial charge in [-0.15, -0.1) is 24.0 Å². The molecule has 0 bridgehead atoms. The Bertz CT molecular complexity index is 493. The molecule has 1 aromatic carbocycles. The molecule has 1 aliphatic heterocycles. The number of aliphatic imine (C=N–C) groups is 1. The Morgan fingerprint density at radius 2 is 2.12 bits per heavy atom. The number of halogens is 1. The van der Waals surface area contributed by atoms with Crippen LogP contribution in [0.1, 0.15) is 44.6 Å². The second-order valence-corrected chi connectivity index (χ2v) is 6.50. The minimum absolute atomic E-state index is 0. The lowest BCUT2D eigenvalue weighted by Crippen LogP contribution is -2.38. The van der Waals surface area contributed by atoms with E-state index in [1.54, 1.807) is 0 Å². The predicted molar refractivity (Wildman–Crippen MR) is 119 cm³/mol. The third-order valence-electron chi connectivity index (χ3n) is 4.40. The normalized spacial score (nSPS) is 18.2. The smallest absolute Gasteiger partial charge is 0.191 e. The van der Waals surface area contributed by atoms with Crippen LogP contribution >= 0.6 is 24.0 Å². The number of rotatable bonds is 10. The third-order valence-corrected chi connectivity index (χ3v) is 4.40. The second-order valence-electron chi connectivity index (χ2n) is 6.50. The summed E-state index contributed by atoms with van der Waals surface area (Å²) in [6, 6.07) is 10.7. The van der Waals surface area contributed by atoms with E-state index in [1.807, 2.05) is 0 Å². The number of nitrogens with zero attached hydrogens (tertiary/aromatic N) is 1. The first kappa shape index (κ1) is 23.2. The van der Waals surface area contributed by atoms with Gasteiger partial charge in [-0.25, -0.2) is 0 Å². The molecular formula is C20H34IN3O2. The molecule has 0 spiro atoms. The first-order chi connectivity index (χ1) is 12.3. The van der Waals surface area contributed by atoms with Gasteiger partial charge in [0.2, 0.25) is 0 Å². The van der Waals surface area contributed by atoms with Crippen LogP contribution in [0.2, 0.25) is 0 Å². The lowest BCUT2D eigenvalue weighted by Gasteiger charge is -2.15. The Morgan fingerprint density at radius 3 is 2.81 bits per heavy atom. The summed E-state index contributed by atoms with van der Waals surface area (Å²) >= 11 is 0. The predicted octanol–water partition coefficient (Wildman–Crippen LogP) is 3.55. The van der Waals surface area contributed by atoms with Crippen LogP contribution in [0.3, 0.4) is 0 Å². The molecule has 5 nitrogen and oxygen atoms in total. The van der Waals surface area contributed by atoms with Gasteiger partial charge in [0.25, 0.3) is 0 Å². The number of benzene rings is 1. The van der Waals surface area contributed by atoms with Crippen LogP contribution in [-0.4, -0.2) is 51.5 Å². The van der Waals surface area contributed by atoms with Crippen molar-refractivity contribution in [3.05, 3.63) is 35.9 Å². The van der Waals surface area contributed by atoms with Crippen LogP contribution in [0.25, 0.3) is 0 Å². The van der Waals surface area contributed by atoms with E-state index in [0.29, 0.717) is 5.92 Å². The van der Waals surface area contributed by atoms with Crippen molar-refractivity contribution in [3.63, 3.8) is 0 Å². The van der Waals surface area contributed by atoms with Crippen LogP contribution < -0.4 is 10.6 Å². The van der Waals surface area contributed by atoms with E-state index in [-0.39, 0.29) is 30.1 Å². The highest BCUT2D eigenvalue weighted by atomic mass is 127. The molecule has 1 saturated heterocycles. The van der Waals surface area contributed by atoms with Gasteiger partial charge in [0.15, 0.2) is 5.96 Å². The first-order valence-electron chi connectivity index (χ1n) is 9.56. The topological polar surface area (TPSA) is 54.9 Å². The maximum Gasteiger partial charge on any atom is 0.191 e. The van der Waals surface area contributed by atoms with Gasteiger partial charge >= 0.3 is 0 Å². The van der Waals surface area contributed by atoms with Crippen LogP contribution in [0, 0.1) is 0 Å². The van der Waals surface area contributed by atoms with E-state index < -0.39 is 0 Å². The summed E-state index contributed by atoms with van der Waals surface area (Å²) in [5, 5.41) is 6.74. The van der Waals surface area contributed by atoms with E-state index in [1.165, 1.54) is 5.56 Å². The highest BCUT2D eigenvalue weighted by Gasteiger charge is 2.15. The van der Waals surface area contributed by atoms with Gasteiger partial charge < -0.3 is 20.1 Å². The first-order valence-corrected chi connectivity index (χ1v) is 9.56. The van der Waals surface area contributed by atoms with Gasteiger partial charge in [-0.2, -0.15) is 0 Å². The van der Waals surface area contributed by atoms with Crippen molar-refractivity contribution in [2.75, 3.05) is 39.5 Å². The van der Waals surface area contributed by atoms with Gasteiger partial charge in [-0.1, -0.05) is 37.3 Å². The minimum Gasteiger partial charge on any atom is -0.379 e. The van der Waals surface area contributed by atoms with Gasteiger partial charge in [-0.05, 0) is 37.7 Å². The zero-order valence-corrected chi connectivity index (χ0v) is 18.4. The summed E-state index contributed by atoms with van der Waals surface area (Å²) in [5.41, 5.74) is 1.39. The molecule has 1 fully saturated rings. The Labute approximate surface area is 175 Å². The Hall–Kier alpha value is -0.860. The summed E-state index contributed by atoms with van der Waals surface area (Å²) in [6.45, 7) is 9.25. The van der Waals surface area contributed by atoms with Crippen molar-refractivity contribution in [1.29, 1.82) is 0 Å². The molecule has 0 aromatic heterocycles. The zero-order valence-electron chi connectivity index (χ0n) is 16.1. The van der Waals surface area contributed by atoms with E-state index in [2.05, 4.69) is 59.8 Å². The molecule has 2 N–H and O–H groups in total. The molecule has 0 saturated carbocycles. The quantitative estimate of drug-likeness (QED) is 0.235. The van der Waals surface area contributed by atoms with Gasteiger partial charge in [0.1, 0.15) is 0 Å². The lowest BCUT2D eigenvalue weighted by molar-refractivity contribution is 0.0424. The standard InChI is InChI=1S/C20H33N3O2.HI/c1-3-21-20(22-12-7-14-25-19-11-15-24-16-19)23-13-10-17(2)18-8-5-4-6-9-18;/h4-6,8-9,17,19H,3,7,10-16H2,1-2H3,(H2,21,22,23);1H. The Balaban J connectivity index is 0.00000338. The molecule has 6 heteroatoms. The third kappa shape index (κ3) is 9.19. The average Bonchev–Trinajstić information content (AvgIpc) is 3.15. The van der Waals surface area contributed by atoms with Crippen LogP contribution in [0.5, 0.6) is 0 Å². The fourth-order valence-electron chi connectivity index (χ4n) is 2.85. The van der Waals surface area contributed by atoms with Crippen molar-refractivity contribution in [2.45, 2.75) is 45.1 Å². The van der Waals surface area contributed by atoms with Crippen molar-refractivity contribution in [3.8, 4) is 0 Å². The highest BCUT2D eigenvalue weighted by Crippen LogP contribution is 2.17. The number of ether oxygens (including phenoxy) is 2. The maximum absolute atomic E-state index is 5.77.